The van der Waals surface area contributed by atoms with Gasteiger partial charge < -0.3 is 0 Å². The molecule has 0 nitrogen and oxygen atoms in total. The van der Waals surface area contributed by atoms with Gasteiger partial charge in [-0.15, -0.1) is 0 Å². The minimum atomic E-state index is 1.28. The van der Waals surface area contributed by atoms with E-state index in [1.807, 2.05) is 6.07 Å². The molecule has 62 valence electrons. The van der Waals surface area contributed by atoms with E-state index in [0.717, 1.165) is 0 Å². The van der Waals surface area contributed by atoms with Crippen LogP contribution in [-0.4, -0.2) is 6.91 Å². The Morgan fingerprint density at radius 3 is 2.31 bits per heavy atom. The molecule has 1 aromatic carbocycles. The van der Waals surface area contributed by atoms with Gasteiger partial charge in [-0.1, -0.05) is 0 Å². The molecule has 1 heterocycles. The quantitative estimate of drug-likeness (QED) is 0.610. The van der Waals surface area contributed by atoms with E-state index >= 15 is 0 Å². The van der Waals surface area contributed by atoms with Gasteiger partial charge in [0.2, 0.25) is 0 Å². The monoisotopic (exact) mass is 166 g/mol. The Morgan fingerprint density at radius 2 is 1.69 bits per heavy atom. The molecule has 0 saturated heterocycles. The van der Waals surface area contributed by atoms with Crippen molar-refractivity contribution in [2.24, 2.45) is 0 Å². The third-order valence-electron chi connectivity index (χ3n) is 2.16. The topological polar surface area (TPSA) is 0 Å². The van der Waals surface area contributed by atoms with E-state index in [1.165, 1.54) is 16.6 Å². The second-order valence-corrected chi connectivity index (χ2v) is 3.23. The molecule has 0 aliphatic rings. The van der Waals surface area contributed by atoms with E-state index in [0.29, 0.717) is 0 Å². The van der Waals surface area contributed by atoms with Crippen LogP contribution in [0.4, 0.5) is 0 Å². The molecule has 13 heavy (non-hydrogen) atoms. The van der Waals surface area contributed by atoms with Crippen molar-refractivity contribution < 1.29 is 0 Å². The van der Waals surface area contributed by atoms with Crippen molar-refractivity contribution in [3.63, 3.8) is 0 Å². The Morgan fingerprint density at radius 1 is 0.923 bits per heavy atom. The van der Waals surface area contributed by atoms with Crippen LogP contribution in [0.5, 0.6) is 0 Å². The van der Waals surface area contributed by atoms with Gasteiger partial charge in [-0.3, -0.25) is 0 Å². The number of aryl methyl sites for hydroxylation is 1. The first-order valence-corrected chi connectivity index (χ1v) is 4.48. The van der Waals surface area contributed by atoms with Crippen LogP contribution in [0.15, 0.2) is 48.4 Å². The van der Waals surface area contributed by atoms with E-state index in [-0.39, 0.29) is 0 Å². The van der Waals surface area contributed by atoms with Gasteiger partial charge in [0.1, 0.15) is 0 Å². The van der Waals surface area contributed by atoms with Gasteiger partial charge in [0, 0.05) is 0 Å². The maximum atomic E-state index is 2.16. The van der Waals surface area contributed by atoms with Crippen molar-refractivity contribution in [2.75, 3.05) is 0 Å². The van der Waals surface area contributed by atoms with Gasteiger partial charge in [0.15, 0.2) is 0 Å². The van der Waals surface area contributed by atoms with Gasteiger partial charge in [0.25, 0.3) is 0 Å². The normalized spacial score (nSPS) is 9.62. The molecule has 0 aliphatic heterocycles. The third-order valence-corrected chi connectivity index (χ3v) is 2.16. The molecule has 1 heteroatoms. The van der Waals surface area contributed by atoms with E-state index < -0.39 is 0 Å². The van der Waals surface area contributed by atoms with Crippen LogP contribution in [0.1, 0.15) is 5.56 Å². The molecule has 0 saturated carbocycles. The number of hydrogen-bond acceptors (Lipinski definition) is 0. The van der Waals surface area contributed by atoms with Gasteiger partial charge >= 0.3 is 78.8 Å². The molecule has 0 N–H and O–H groups in total. The summed E-state index contributed by atoms with van der Waals surface area (Å²) in [6.07, 6.45) is 0. The number of hydrogen-bond donors (Lipinski definition) is 0. The maximum absolute atomic E-state index is 2.16. The Kier molecular flexibility index (Phi) is 2.26. The van der Waals surface area contributed by atoms with Crippen molar-refractivity contribution in [1.29, 1.82) is 0 Å². The summed E-state index contributed by atoms with van der Waals surface area (Å²) in [5, 5.41) is 0. The molecule has 0 aliphatic carbocycles. The Hall–Kier alpha value is -1.37. The van der Waals surface area contributed by atoms with Crippen molar-refractivity contribution in [1.82, 2.24) is 0 Å². The van der Waals surface area contributed by atoms with Crippen molar-refractivity contribution in [3.8, 4) is 11.0 Å². The predicted octanol–water partition coefficient (Wildman–Crippen LogP) is 3.00. The summed E-state index contributed by atoms with van der Waals surface area (Å²) in [7, 11) is 0. The zero-order valence-corrected chi connectivity index (χ0v) is 7.70. The molecule has 0 bridgehead atoms. The summed E-state index contributed by atoms with van der Waals surface area (Å²) in [6.45, 7) is 4.24. The second-order valence-electron chi connectivity index (χ2n) is 3.23. The fraction of sp³-hybridized carbons (Fsp3) is 0.0833. The second kappa shape index (κ2) is 3.57. The minimum absolute atomic E-state index is 1.28. The van der Waals surface area contributed by atoms with Crippen LogP contribution in [0.3, 0.4) is 0 Å². The summed E-state index contributed by atoms with van der Waals surface area (Å²) in [4.78, 5) is 0. The molecule has 1 aromatic heterocycles. The molecule has 0 unspecified atom stereocenters. The summed E-state index contributed by atoms with van der Waals surface area (Å²) >= 11 is 0. The average Bonchev–Trinajstić information content (AvgIpc) is 2.20. The molecule has 0 atom stereocenters. The first-order chi connectivity index (χ1) is 6.36. The van der Waals surface area contributed by atoms with Crippen LogP contribution >= 0.6 is 0 Å². The van der Waals surface area contributed by atoms with Crippen LogP contribution in [0.25, 0.3) is 11.0 Å². The zero-order chi connectivity index (χ0) is 9.10. The van der Waals surface area contributed by atoms with E-state index in [1.54, 1.807) is 0 Å². The van der Waals surface area contributed by atoms with Crippen LogP contribution in [0.2, 0.25) is 0 Å². The predicted molar refractivity (Wildman–Crippen MR) is 58.0 cm³/mol. The summed E-state index contributed by atoms with van der Waals surface area (Å²) < 4.78 is 0. The zero-order valence-electron chi connectivity index (χ0n) is 7.70. The fourth-order valence-corrected chi connectivity index (χ4v) is 1.38. The third kappa shape index (κ3) is 1.86. The Bertz CT molecular complexity index is 376. The van der Waals surface area contributed by atoms with Gasteiger partial charge in [-0.2, -0.15) is 0 Å². The first-order valence-electron chi connectivity index (χ1n) is 4.48. The van der Waals surface area contributed by atoms with Gasteiger partial charge in [0.05, 0.1) is 0 Å². The number of rotatable bonds is 1. The van der Waals surface area contributed by atoms with Crippen LogP contribution < -0.4 is 0 Å². The van der Waals surface area contributed by atoms with E-state index in [2.05, 4.69) is 56.2 Å². The van der Waals surface area contributed by atoms with E-state index in [4.69, 9.17) is 0 Å². The van der Waals surface area contributed by atoms with Crippen LogP contribution in [-0.2, 0) is 0 Å². The molecule has 0 fully saturated rings. The van der Waals surface area contributed by atoms with Gasteiger partial charge in [-0.25, -0.2) is 0 Å². The Balaban J connectivity index is 2.42. The summed E-state index contributed by atoms with van der Waals surface area (Å²) in [6, 6.07) is 14.8. The van der Waals surface area contributed by atoms with Crippen molar-refractivity contribution in [3.05, 3.63) is 54.0 Å². The molecule has 2 aromatic rings. The van der Waals surface area contributed by atoms with E-state index in [9.17, 15) is 0 Å². The fourth-order valence-electron chi connectivity index (χ4n) is 1.38. The summed E-state index contributed by atoms with van der Waals surface area (Å²) in [5.74, 6) is 2.06. The Labute approximate surface area is 79.5 Å². The number of benzene rings is 1. The molecule has 2 rings (SSSR count). The standard InChI is InChI=1S/C12H11B/c1-10-5-7-11(8-6-10)12-4-2-3-9-13-12/h2-9H,1H3. The van der Waals surface area contributed by atoms with Crippen LogP contribution in [0, 0.1) is 6.92 Å². The molecule has 0 amide bonds. The molecular formula is C12H11B. The van der Waals surface area contributed by atoms with Crippen molar-refractivity contribution in [2.45, 2.75) is 6.92 Å². The molecule has 0 radical (unpaired) electrons. The first kappa shape index (κ1) is 8.24. The van der Waals surface area contributed by atoms with Gasteiger partial charge in [-0.05, 0) is 0 Å². The molecule has 0 spiro atoms. The average molecular weight is 166 g/mol. The molecular weight excluding hydrogens is 155 g/mol. The van der Waals surface area contributed by atoms with Crippen molar-refractivity contribution >= 4 is 6.91 Å². The summed E-state index contributed by atoms with van der Waals surface area (Å²) in [5.41, 5.74) is 3.87. The SMILES string of the molecule is Cc1ccc(-c2bcccc2)cc1.